The van der Waals surface area contributed by atoms with Crippen LogP contribution in [0.2, 0.25) is 0 Å². The average molecular weight is 425 g/mol. The highest BCUT2D eigenvalue weighted by molar-refractivity contribution is 7.92. The fourth-order valence-electron chi connectivity index (χ4n) is 3.06. The molecule has 0 radical (unpaired) electrons. The molecule has 0 unspecified atom stereocenters. The van der Waals surface area contributed by atoms with E-state index in [2.05, 4.69) is 5.32 Å². The molecule has 0 heterocycles. The molecule has 0 spiro atoms. The Bertz CT molecular complexity index is 1090. The van der Waals surface area contributed by atoms with E-state index in [1.54, 1.807) is 36.4 Å². The zero-order chi connectivity index (χ0) is 21.6. The van der Waals surface area contributed by atoms with E-state index >= 15 is 0 Å². The minimum Gasteiger partial charge on any atom is -0.333 e. The van der Waals surface area contributed by atoms with Crippen molar-refractivity contribution in [3.05, 3.63) is 90.5 Å². The van der Waals surface area contributed by atoms with Crippen molar-refractivity contribution in [1.82, 2.24) is 0 Å². The molecule has 0 fully saturated rings. The van der Waals surface area contributed by atoms with Gasteiger partial charge in [-0.2, -0.15) is 0 Å². The molecule has 1 atom stereocenters. The Morgan fingerprint density at radius 2 is 1.60 bits per heavy atom. The molecule has 0 bridgehead atoms. The van der Waals surface area contributed by atoms with Gasteiger partial charge in [-0.05, 0) is 37.3 Å². The molecule has 30 heavy (non-hydrogen) atoms. The number of hydrogen-bond donors (Lipinski definition) is 2. The van der Waals surface area contributed by atoms with Crippen LogP contribution in [-0.2, 0) is 14.8 Å². The summed E-state index contributed by atoms with van der Waals surface area (Å²) in [6.45, 7) is 2.27. The molecule has 0 saturated heterocycles. The van der Waals surface area contributed by atoms with E-state index in [1.807, 2.05) is 48.6 Å². The first kappa shape index (κ1) is 21.5. The molecule has 7 heteroatoms. The van der Waals surface area contributed by atoms with Crippen molar-refractivity contribution in [2.24, 2.45) is 0 Å². The number of rotatable bonds is 8. The summed E-state index contributed by atoms with van der Waals surface area (Å²) in [5.41, 5.74) is 2.15. The number of quaternary nitrogens is 1. The number of benzene rings is 3. The van der Waals surface area contributed by atoms with Crippen LogP contribution >= 0.6 is 0 Å². The maximum atomic E-state index is 12.9. The molecule has 3 N–H and O–H groups in total. The first-order chi connectivity index (χ1) is 14.4. The average Bonchev–Trinajstić information content (AvgIpc) is 2.78. The molecule has 0 aliphatic carbocycles. The van der Waals surface area contributed by atoms with Gasteiger partial charge in [0.1, 0.15) is 6.04 Å². The van der Waals surface area contributed by atoms with Crippen LogP contribution in [0.25, 0.3) is 0 Å². The lowest BCUT2D eigenvalue weighted by Crippen LogP contribution is -2.86. The summed E-state index contributed by atoms with van der Waals surface area (Å²) in [5.74, 6) is -0.191. The van der Waals surface area contributed by atoms with Gasteiger partial charge in [0.05, 0.1) is 10.6 Å². The summed E-state index contributed by atoms with van der Waals surface area (Å²) in [6, 6.07) is 25.2. The van der Waals surface area contributed by atoms with Crippen LogP contribution in [0.5, 0.6) is 0 Å². The van der Waals surface area contributed by atoms with Crippen LogP contribution in [0.3, 0.4) is 0 Å². The van der Waals surface area contributed by atoms with Crippen molar-refractivity contribution in [2.75, 3.05) is 23.2 Å². The van der Waals surface area contributed by atoms with Gasteiger partial charge in [0.2, 0.25) is 0 Å². The van der Waals surface area contributed by atoms with Crippen LogP contribution in [0.1, 0.15) is 18.5 Å². The molecule has 3 aromatic carbocycles. The minimum atomic E-state index is -3.74. The standard InChI is InChI=1S/C23H25N3O3S/c1-18(19-10-5-3-6-11-19)24-17-23(27)25-20-12-9-15-22(16-20)30(28,29)26(2)21-13-7-4-8-14-21/h3-16,18,24H,17H2,1-2H3,(H,25,27)/p+1/t18-/m0/s1. The second kappa shape index (κ2) is 9.56. The molecule has 0 aliphatic rings. The van der Waals surface area contributed by atoms with Gasteiger partial charge in [-0.3, -0.25) is 9.10 Å². The van der Waals surface area contributed by atoms with Gasteiger partial charge in [0.15, 0.2) is 6.54 Å². The summed E-state index contributed by atoms with van der Waals surface area (Å²) < 4.78 is 27.1. The second-order valence-corrected chi connectivity index (χ2v) is 8.99. The van der Waals surface area contributed by atoms with Crippen LogP contribution in [0, 0.1) is 0 Å². The Kier molecular flexibility index (Phi) is 6.87. The van der Waals surface area contributed by atoms with E-state index in [1.165, 1.54) is 23.5 Å². The number of carbonyl (C=O) groups is 1. The van der Waals surface area contributed by atoms with Crippen LogP contribution in [-0.4, -0.2) is 27.9 Å². The number of nitrogens with one attached hydrogen (secondary N) is 1. The number of hydrogen-bond acceptors (Lipinski definition) is 3. The minimum absolute atomic E-state index is 0.119. The third kappa shape index (κ3) is 5.25. The summed E-state index contributed by atoms with van der Waals surface area (Å²) in [4.78, 5) is 12.5. The Morgan fingerprint density at radius 3 is 2.27 bits per heavy atom. The predicted octanol–water partition coefficient (Wildman–Crippen LogP) is 2.77. The Balaban J connectivity index is 1.65. The Morgan fingerprint density at radius 1 is 0.967 bits per heavy atom. The van der Waals surface area contributed by atoms with Crippen molar-refractivity contribution in [2.45, 2.75) is 17.9 Å². The summed E-state index contributed by atoms with van der Waals surface area (Å²) in [7, 11) is -2.23. The highest BCUT2D eigenvalue weighted by atomic mass is 32.2. The maximum Gasteiger partial charge on any atom is 0.279 e. The Hall–Kier alpha value is -3.16. The lowest BCUT2D eigenvalue weighted by molar-refractivity contribution is -0.682. The van der Waals surface area contributed by atoms with Crippen molar-refractivity contribution in [3.8, 4) is 0 Å². The fraction of sp³-hybridized carbons (Fsp3) is 0.174. The van der Waals surface area contributed by atoms with Gasteiger partial charge >= 0.3 is 0 Å². The van der Waals surface area contributed by atoms with Crippen molar-refractivity contribution in [1.29, 1.82) is 0 Å². The number of anilines is 2. The maximum absolute atomic E-state index is 12.9. The number of para-hydroxylation sites is 1. The molecule has 0 aliphatic heterocycles. The number of carbonyl (C=O) groups excluding carboxylic acids is 1. The zero-order valence-corrected chi connectivity index (χ0v) is 17.8. The molecule has 3 rings (SSSR count). The van der Waals surface area contributed by atoms with E-state index in [9.17, 15) is 13.2 Å². The smallest absolute Gasteiger partial charge is 0.279 e. The fourth-order valence-corrected chi connectivity index (χ4v) is 4.30. The largest absolute Gasteiger partial charge is 0.333 e. The van der Waals surface area contributed by atoms with Gasteiger partial charge < -0.3 is 10.6 Å². The summed E-state index contributed by atoms with van der Waals surface area (Å²) >= 11 is 0. The molecular formula is C23H26N3O3S+. The third-order valence-corrected chi connectivity index (χ3v) is 6.66. The number of nitrogens with two attached hydrogens (primary N) is 1. The van der Waals surface area contributed by atoms with Crippen molar-refractivity contribution < 1.29 is 18.5 Å². The van der Waals surface area contributed by atoms with E-state index < -0.39 is 10.0 Å². The number of amides is 1. The summed E-state index contributed by atoms with van der Waals surface area (Å²) in [6.07, 6.45) is 0. The third-order valence-electron chi connectivity index (χ3n) is 4.88. The number of nitrogens with zero attached hydrogens (tertiary/aromatic N) is 1. The van der Waals surface area contributed by atoms with Gasteiger partial charge in [-0.25, -0.2) is 8.42 Å². The topological polar surface area (TPSA) is 83.1 Å². The van der Waals surface area contributed by atoms with E-state index in [4.69, 9.17) is 0 Å². The van der Waals surface area contributed by atoms with Crippen LogP contribution < -0.4 is 14.9 Å². The predicted molar refractivity (Wildman–Crippen MR) is 119 cm³/mol. The quantitative estimate of drug-likeness (QED) is 0.583. The monoisotopic (exact) mass is 424 g/mol. The van der Waals surface area contributed by atoms with Crippen LogP contribution in [0.15, 0.2) is 89.8 Å². The molecule has 3 aromatic rings. The number of sulfonamides is 1. The molecule has 6 nitrogen and oxygen atoms in total. The normalized spacial score (nSPS) is 12.2. The van der Waals surface area contributed by atoms with E-state index in [0.29, 0.717) is 11.4 Å². The van der Waals surface area contributed by atoms with Crippen molar-refractivity contribution >= 4 is 27.3 Å². The molecular weight excluding hydrogens is 398 g/mol. The zero-order valence-electron chi connectivity index (χ0n) is 17.0. The highest BCUT2D eigenvalue weighted by Gasteiger charge is 2.22. The first-order valence-electron chi connectivity index (χ1n) is 9.70. The lowest BCUT2D eigenvalue weighted by atomic mass is 10.1. The lowest BCUT2D eigenvalue weighted by Gasteiger charge is -2.20. The van der Waals surface area contributed by atoms with Gasteiger partial charge in [-0.1, -0.05) is 54.6 Å². The molecule has 156 valence electrons. The summed E-state index contributed by atoms with van der Waals surface area (Å²) in [5, 5.41) is 4.73. The molecule has 1 amide bonds. The van der Waals surface area contributed by atoms with Gasteiger partial charge in [-0.15, -0.1) is 0 Å². The van der Waals surface area contributed by atoms with Gasteiger partial charge in [0, 0.05) is 18.3 Å². The van der Waals surface area contributed by atoms with Crippen LogP contribution in [0.4, 0.5) is 11.4 Å². The molecule has 0 saturated carbocycles. The Labute approximate surface area is 177 Å². The van der Waals surface area contributed by atoms with E-state index in [-0.39, 0.29) is 23.4 Å². The SMILES string of the molecule is C[C@H]([NH2+]CC(=O)Nc1cccc(S(=O)(=O)N(C)c2ccccc2)c1)c1ccccc1. The van der Waals surface area contributed by atoms with E-state index in [0.717, 1.165) is 5.56 Å². The molecule has 0 aromatic heterocycles. The van der Waals surface area contributed by atoms with Crippen molar-refractivity contribution in [3.63, 3.8) is 0 Å². The second-order valence-electron chi connectivity index (χ2n) is 7.02. The highest BCUT2D eigenvalue weighted by Crippen LogP contribution is 2.23. The van der Waals surface area contributed by atoms with Gasteiger partial charge in [0.25, 0.3) is 15.9 Å². The first-order valence-corrected chi connectivity index (χ1v) is 11.1.